The zero-order valence-corrected chi connectivity index (χ0v) is 69.3. The molecule has 12 atom stereocenters. The zero-order valence-electron chi connectivity index (χ0n) is 67.7. The number of carbonyl (C=O) groups excluding carboxylic acids is 12. The Morgan fingerprint density at radius 1 is 0.732 bits per heavy atom. The van der Waals surface area contributed by atoms with Crippen molar-refractivity contribution < 1.29 is 91.5 Å². The van der Waals surface area contributed by atoms with Crippen LogP contribution >= 0.6 is 21.6 Å². The maximum atomic E-state index is 14.8. The standard InChI is InChI=1S/C80H117N11O19S2/c1-18-48(8)71(60(106-16)42-65(97)90-37-22-26-58(90)73(107-17)49(9)74(100)81-50(10)72(99)53-24-20-19-21-25-53)88(14)78(104)69(46(4)5)85-77(103)70(47(6)7)89(15)79(105)109-44-52-28-31-55(32-29-52)83-75(101)51(11)82-76(102)68(45(2)3)84-61(93)36-39-111-112-80(12,13)43-62(94)87-86-57-33-30-54-40-56(41-59(92)67(54)57)108-38-23-27-66(98)110-91-63(95)34-35-64(91)96/h19-21,24-25,28-29,31-32,40-41,45-51,58,60,68-73,92,99H,18,22-23,26-27,30,33-39,42-44H2,1-17H3,(H,81,100)(H,82,102)(H,83,101)(H,84,93)(H,85,103)(H,87,94)/b86-57+/t48-,49+,50+,51-,58-,60+,68-,69-,70-,71-,72+,73+/m0/s1. The molecule has 0 spiro atoms. The van der Waals surface area contributed by atoms with Gasteiger partial charge in [0.05, 0.1) is 67.5 Å². The predicted molar refractivity (Wildman–Crippen MR) is 424 cm³/mol. The number of nitrogens with zero attached hydrogens (tertiary/aromatic N) is 5. The lowest BCUT2D eigenvalue weighted by Gasteiger charge is -2.41. The van der Waals surface area contributed by atoms with Gasteiger partial charge in [-0.2, -0.15) is 5.10 Å². The average Bonchev–Trinajstić information content (AvgIpc) is 1.32. The number of aliphatic hydroxyl groups is 1. The lowest BCUT2D eigenvalue weighted by atomic mass is 9.89. The van der Waals surface area contributed by atoms with E-state index in [1.807, 2.05) is 45.9 Å². The van der Waals surface area contributed by atoms with Gasteiger partial charge in [0.2, 0.25) is 47.3 Å². The molecule has 618 valence electrons. The predicted octanol–water partition coefficient (Wildman–Crippen LogP) is 8.04. The Balaban J connectivity index is 0.920. The van der Waals surface area contributed by atoms with Crippen LogP contribution in [0.15, 0.2) is 71.8 Å². The summed E-state index contributed by atoms with van der Waals surface area (Å²) < 4.78 is 22.9. The Morgan fingerprint density at radius 2 is 1.39 bits per heavy atom. The summed E-state index contributed by atoms with van der Waals surface area (Å²) in [6.45, 7) is 23.7. The largest absolute Gasteiger partial charge is 0.507 e. The second-order valence-corrected chi connectivity index (χ2v) is 33.8. The SMILES string of the molecule is CC[C@H](C)[C@@H]([C@@H](CC(=O)N1CCC[C@H]1[C@H](OC)[C@@H](C)C(=O)N[C@H](C)[C@@H](O)c1ccccc1)OC)N(C)C(=O)[C@@H](NC(=O)[C@H](C(C)C)N(C)C(=O)OCc1ccc(NC(=O)[C@H](C)NC(=O)[C@@H](NC(=O)CCSSC(C)(C)CC(=O)N/N=C2\CCc3cc(OCCCC(=O)ON4C(=O)CCC4=O)cc(O)c32)C(C)C)cc1)C(C)C. The third-order valence-corrected chi connectivity index (χ3v) is 23.7. The van der Waals surface area contributed by atoms with Gasteiger partial charge in [0.15, 0.2) is 0 Å². The smallest absolute Gasteiger partial charge is 0.410 e. The van der Waals surface area contributed by atoms with E-state index in [0.29, 0.717) is 83.3 Å². The molecule has 3 aromatic carbocycles. The summed E-state index contributed by atoms with van der Waals surface area (Å²) in [6.07, 6.45) is -0.184. The molecule has 2 aliphatic heterocycles. The first-order valence-electron chi connectivity index (χ1n) is 38.5. The molecule has 30 nitrogen and oxygen atoms in total. The van der Waals surface area contributed by atoms with Crippen molar-refractivity contribution in [3.8, 4) is 11.5 Å². The maximum absolute atomic E-state index is 14.8. The maximum Gasteiger partial charge on any atom is 0.410 e. The molecule has 2 heterocycles. The third-order valence-electron chi connectivity index (χ3n) is 20.4. The van der Waals surface area contributed by atoms with Crippen LogP contribution in [0.5, 0.6) is 11.5 Å². The van der Waals surface area contributed by atoms with Crippen molar-refractivity contribution in [2.45, 2.75) is 239 Å². The Hall–Kier alpha value is -8.85. The van der Waals surface area contributed by atoms with Crippen molar-refractivity contribution >= 4 is 104 Å². The monoisotopic (exact) mass is 1600 g/mol. The first kappa shape index (κ1) is 92.0. The highest BCUT2D eigenvalue weighted by Gasteiger charge is 2.45. The van der Waals surface area contributed by atoms with Gasteiger partial charge >= 0.3 is 12.1 Å². The fourth-order valence-corrected chi connectivity index (χ4v) is 16.4. The number of phenolic OH excluding ortho intramolecular Hbond substituents is 1. The molecule has 2 saturated heterocycles. The van der Waals surface area contributed by atoms with Crippen molar-refractivity contribution in [3.05, 3.63) is 89.0 Å². The first-order chi connectivity index (χ1) is 52.9. The fraction of sp³-hybridized carbons (Fsp3) is 0.613. The number of amides is 11. The number of methoxy groups -OCH3 is 2. The molecule has 2 fully saturated rings. The van der Waals surface area contributed by atoms with Crippen LogP contribution in [0.1, 0.15) is 189 Å². The minimum Gasteiger partial charge on any atom is -0.507 e. The number of ether oxygens (including phenoxy) is 4. The van der Waals surface area contributed by atoms with Crippen molar-refractivity contribution in [1.29, 1.82) is 0 Å². The summed E-state index contributed by atoms with van der Waals surface area (Å²) in [4.78, 5) is 170. The Bertz CT molecular complexity index is 3770. The number of rotatable bonds is 42. The summed E-state index contributed by atoms with van der Waals surface area (Å²) >= 11 is 0. The molecule has 3 aliphatic rings. The van der Waals surface area contributed by atoms with Crippen molar-refractivity contribution in [2.24, 2.45) is 34.7 Å². The molecule has 0 aromatic heterocycles. The highest BCUT2D eigenvalue weighted by molar-refractivity contribution is 8.77. The summed E-state index contributed by atoms with van der Waals surface area (Å²) in [5.74, 6) is -6.74. The molecular weight excluding hydrogens is 1480 g/mol. The number of phenols is 1. The van der Waals surface area contributed by atoms with E-state index in [1.54, 1.807) is 115 Å². The van der Waals surface area contributed by atoms with Gasteiger partial charge in [-0.1, -0.05) is 133 Å². The van der Waals surface area contributed by atoms with Gasteiger partial charge in [-0.15, -0.1) is 5.06 Å². The number of aliphatic hydroxyl groups excluding tert-OH is 1. The molecular formula is C80H117N11O19S2. The molecule has 11 amide bonds. The van der Waals surface area contributed by atoms with E-state index < -0.39 is 131 Å². The summed E-state index contributed by atoms with van der Waals surface area (Å²) in [5.41, 5.74) is 5.94. The molecule has 8 N–H and O–H groups in total. The number of hydrogen-bond acceptors (Lipinski definition) is 22. The van der Waals surface area contributed by atoms with Crippen LogP contribution < -0.4 is 36.7 Å². The lowest BCUT2D eigenvalue weighted by molar-refractivity contribution is -0.197. The van der Waals surface area contributed by atoms with Gasteiger partial charge in [0, 0.05) is 88.4 Å². The van der Waals surface area contributed by atoms with Gasteiger partial charge in [-0.3, -0.25) is 52.8 Å². The number of anilines is 1. The number of likely N-dealkylation sites (tertiary alicyclic amines) is 1. The van der Waals surface area contributed by atoms with Gasteiger partial charge in [-0.25, -0.2) is 15.0 Å². The molecule has 6 rings (SSSR count). The Labute approximate surface area is 665 Å². The number of hydroxylamine groups is 2. The third kappa shape index (κ3) is 26.1. The zero-order chi connectivity index (χ0) is 83.0. The number of aryl methyl sites for hydroxylation is 1. The first-order valence-corrected chi connectivity index (χ1v) is 40.8. The van der Waals surface area contributed by atoms with Gasteiger partial charge in [0.1, 0.15) is 42.3 Å². The van der Waals surface area contributed by atoms with E-state index in [0.717, 1.165) is 5.56 Å². The highest BCUT2D eigenvalue weighted by Crippen LogP contribution is 2.39. The van der Waals surface area contributed by atoms with Crippen molar-refractivity contribution in [3.63, 3.8) is 0 Å². The lowest BCUT2D eigenvalue weighted by Crippen LogP contribution is -2.60. The van der Waals surface area contributed by atoms with E-state index in [2.05, 4.69) is 37.1 Å². The number of fused-ring (bicyclic) bond motifs is 1. The number of hydrogen-bond donors (Lipinski definition) is 8. The van der Waals surface area contributed by atoms with E-state index >= 15 is 0 Å². The quantitative estimate of drug-likeness (QED) is 0.0115. The second kappa shape index (κ2) is 43.4. The average molecular weight is 1600 g/mol. The van der Waals surface area contributed by atoms with Crippen LogP contribution in [-0.2, 0) is 84.8 Å². The molecule has 0 radical (unpaired) electrons. The van der Waals surface area contributed by atoms with Crippen LogP contribution in [0.3, 0.4) is 0 Å². The molecule has 112 heavy (non-hydrogen) atoms. The number of likely N-dealkylation sites (N-methyl/N-ethyl adjacent to an activating group) is 2. The van der Waals surface area contributed by atoms with Crippen molar-refractivity contribution in [1.82, 2.24) is 46.5 Å². The summed E-state index contributed by atoms with van der Waals surface area (Å²) in [5, 5.41) is 40.8. The van der Waals surface area contributed by atoms with E-state index in [9.17, 15) is 67.7 Å². The number of nitrogens with one attached hydrogen (secondary N) is 6. The summed E-state index contributed by atoms with van der Waals surface area (Å²) in [7, 11) is 8.89. The van der Waals surface area contributed by atoms with E-state index in [-0.39, 0.29) is 99.4 Å². The number of hydrazone groups is 1. The summed E-state index contributed by atoms with van der Waals surface area (Å²) in [6, 6.07) is 12.9. The Kier molecular flexibility index (Phi) is 35.7. The fourth-order valence-electron chi connectivity index (χ4n) is 13.9. The van der Waals surface area contributed by atoms with Crippen molar-refractivity contribution in [2.75, 3.05) is 52.5 Å². The van der Waals surface area contributed by atoms with Gasteiger partial charge in [-0.05, 0) is 118 Å². The van der Waals surface area contributed by atoms with Crippen LogP contribution in [0.2, 0.25) is 0 Å². The second-order valence-electron chi connectivity index (χ2n) is 30.7. The molecule has 0 bridgehead atoms. The minimum absolute atomic E-state index is 0.00390. The normalized spacial score (nSPS) is 17.6. The van der Waals surface area contributed by atoms with E-state index in [4.69, 9.17) is 23.8 Å². The number of benzene rings is 3. The van der Waals surface area contributed by atoms with Crippen LogP contribution in [-0.4, -0.2) is 213 Å². The van der Waals surface area contributed by atoms with Crippen LogP contribution in [0.25, 0.3) is 0 Å². The molecule has 0 unspecified atom stereocenters. The molecule has 3 aromatic rings. The number of imide groups is 1. The number of aromatic hydroxyl groups is 1. The number of carbonyl (C=O) groups is 12. The van der Waals surface area contributed by atoms with Gasteiger partial charge < -0.3 is 70.4 Å². The molecule has 1 aliphatic carbocycles. The van der Waals surface area contributed by atoms with Gasteiger partial charge in [0.25, 0.3) is 11.8 Å². The molecule has 0 saturated carbocycles. The minimum atomic E-state index is -1.08. The highest BCUT2D eigenvalue weighted by atomic mass is 33.1. The topological polar surface area (TPSA) is 389 Å². The van der Waals surface area contributed by atoms with Crippen LogP contribution in [0, 0.1) is 29.6 Å². The van der Waals surface area contributed by atoms with E-state index in [1.165, 1.54) is 60.7 Å². The Morgan fingerprint density at radius 3 is 2.01 bits per heavy atom. The molecule has 32 heteroatoms. The van der Waals surface area contributed by atoms with Crippen LogP contribution in [0.4, 0.5) is 10.5 Å².